The van der Waals surface area contributed by atoms with Crippen LogP contribution >= 0.6 is 0 Å². The standard InChI is InChI=1S/C12H16N8O5/c1-19(18-24)12(23)17-6-5(2-21)25-11(8(6)22)20-4-16-7-9(13)14-3-15-10(7)20/h3-6,8,11,21-22H,2H2,1H3,(H,17,23)(H2,13,14,15)/t5-,6-,8-,11-/m1/s1. The maximum absolute atomic E-state index is 11.8. The molecule has 0 spiro atoms. The minimum atomic E-state index is -1.25. The molecule has 2 aromatic heterocycles. The SMILES string of the molecule is CN(N=O)C(=O)N[C@H]1[C@@H](O)[C@H](n2cnc3c(N)ncnc32)O[C@@H]1CO. The van der Waals surface area contributed by atoms with E-state index in [4.69, 9.17) is 10.5 Å². The number of carbonyl (C=O) groups excluding carboxylic acids is 1. The number of nitrogens with one attached hydrogen (secondary N) is 1. The zero-order chi connectivity index (χ0) is 18.1. The highest BCUT2D eigenvalue weighted by atomic mass is 16.5. The first-order valence-electron chi connectivity index (χ1n) is 7.22. The Bertz CT molecular complexity index is 797. The number of hydrogen-bond donors (Lipinski definition) is 4. The highest BCUT2D eigenvalue weighted by molar-refractivity contribution is 5.81. The number of aliphatic hydroxyl groups excluding tert-OH is 2. The van der Waals surface area contributed by atoms with Gasteiger partial charge in [-0.15, -0.1) is 4.91 Å². The Morgan fingerprint density at radius 3 is 2.96 bits per heavy atom. The number of nitrogens with two attached hydrogens (primary N) is 1. The van der Waals surface area contributed by atoms with Gasteiger partial charge in [0.05, 0.1) is 24.3 Å². The summed E-state index contributed by atoms with van der Waals surface area (Å²) < 4.78 is 7.05. The molecular formula is C12H16N8O5. The Balaban J connectivity index is 1.89. The van der Waals surface area contributed by atoms with Gasteiger partial charge in [-0.2, -0.15) is 5.01 Å². The summed E-state index contributed by atoms with van der Waals surface area (Å²) in [5.74, 6) is 0.165. The summed E-state index contributed by atoms with van der Waals surface area (Å²) in [6.45, 7) is -0.472. The molecule has 134 valence electrons. The average Bonchev–Trinajstić information content (AvgIpc) is 3.17. The van der Waals surface area contributed by atoms with Crippen molar-refractivity contribution in [2.75, 3.05) is 19.4 Å². The predicted octanol–water partition coefficient (Wildman–Crippen LogP) is -1.65. The smallest absolute Gasteiger partial charge is 0.340 e. The summed E-state index contributed by atoms with van der Waals surface area (Å²) in [7, 11) is 1.15. The fraction of sp³-hybridized carbons (Fsp3) is 0.500. The number of aromatic nitrogens is 4. The molecule has 1 fully saturated rings. The Hall–Kier alpha value is -2.90. The fourth-order valence-corrected chi connectivity index (χ4v) is 2.64. The molecule has 2 amide bonds. The van der Waals surface area contributed by atoms with E-state index in [1.807, 2.05) is 0 Å². The molecule has 1 aliphatic rings. The van der Waals surface area contributed by atoms with Gasteiger partial charge in [0.25, 0.3) is 0 Å². The first-order chi connectivity index (χ1) is 12.0. The van der Waals surface area contributed by atoms with Gasteiger partial charge in [-0.1, -0.05) is 0 Å². The number of nitrogen functional groups attached to an aromatic ring is 1. The summed E-state index contributed by atoms with van der Waals surface area (Å²) in [5, 5.41) is 25.4. The van der Waals surface area contributed by atoms with E-state index in [0.29, 0.717) is 16.2 Å². The Morgan fingerprint density at radius 1 is 1.52 bits per heavy atom. The van der Waals surface area contributed by atoms with Gasteiger partial charge in [0.1, 0.15) is 24.1 Å². The van der Waals surface area contributed by atoms with Crippen molar-refractivity contribution in [1.29, 1.82) is 0 Å². The van der Waals surface area contributed by atoms with Gasteiger partial charge in [-0.25, -0.2) is 19.7 Å². The van der Waals surface area contributed by atoms with Crippen molar-refractivity contribution in [3.05, 3.63) is 17.6 Å². The molecule has 25 heavy (non-hydrogen) atoms. The molecule has 0 unspecified atom stereocenters. The van der Waals surface area contributed by atoms with E-state index >= 15 is 0 Å². The van der Waals surface area contributed by atoms with E-state index in [1.165, 1.54) is 17.2 Å². The molecule has 1 saturated heterocycles. The lowest BCUT2D eigenvalue weighted by molar-refractivity contribution is -0.0489. The second-order valence-corrected chi connectivity index (χ2v) is 5.40. The van der Waals surface area contributed by atoms with Crippen molar-refractivity contribution in [1.82, 2.24) is 29.8 Å². The van der Waals surface area contributed by atoms with Crippen LogP contribution in [0.3, 0.4) is 0 Å². The normalized spacial score (nSPS) is 25.9. The minimum Gasteiger partial charge on any atom is -0.394 e. The Labute approximate surface area is 140 Å². The minimum absolute atomic E-state index is 0.165. The number of nitroso groups, excluding NO2 is 1. The number of ether oxygens (including phenoxy) is 1. The largest absolute Gasteiger partial charge is 0.394 e. The number of imidazole rings is 1. The second-order valence-electron chi connectivity index (χ2n) is 5.40. The number of aliphatic hydroxyl groups is 2. The second kappa shape index (κ2) is 6.54. The maximum Gasteiger partial charge on any atom is 0.340 e. The molecule has 0 aromatic carbocycles. The van der Waals surface area contributed by atoms with Crippen molar-refractivity contribution in [3.8, 4) is 0 Å². The molecule has 13 nitrogen and oxygen atoms in total. The van der Waals surface area contributed by atoms with Crippen molar-refractivity contribution in [2.24, 2.45) is 5.29 Å². The third-order valence-electron chi connectivity index (χ3n) is 3.92. The van der Waals surface area contributed by atoms with Gasteiger partial charge in [0.2, 0.25) is 0 Å². The van der Waals surface area contributed by atoms with Crippen molar-refractivity contribution < 1.29 is 19.7 Å². The van der Waals surface area contributed by atoms with Crippen LogP contribution in [0.25, 0.3) is 11.2 Å². The van der Waals surface area contributed by atoms with E-state index in [0.717, 1.165) is 7.05 Å². The molecule has 1 aliphatic heterocycles. The number of hydrogen-bond acceptors (Lipinski definition) is 10. The molecule has 0 radical (unpaired) electrons. The van der Waals surface area contributed by atoms with Crippen LogP contribution < -0.4 is 11.1 Å². The van der Waals surface area contributed by atoms with Crippen LogP contribution in [-0.4, -0.2) is 72.7 Å². The number of amides is 2. The van der Waals surface area contributed by atoms with Crippen LogP contribution in [0.4, 0.5) is 10.6 Å². The van der Waals surface area contributed by atoms with E-state index in [1.54, 1.807) is 0 Å². The van der Waals surface area contributed by atoms with E-state index < -0.39 is 37.1 Å². The van der Waals surface area contributed by atoms with Crippen LogP contribution in [0.5, 0.6) is 0 Å². The predicted molar refractivity (Wildman–Crippen MR) is 82.6 cm³/mol. The summed E-state index contributed by atoms with van der Waals surface area (Å²) in [4.78, 5) is 34.2. The van der Waals surface area contributed by atoms with Gasteiger partial charge in [0.15, 0.2) is 17.7 Å². The first-order valence-corrected chi connectivity index (χ1v) is 7.22. The molecule has 3 rings (SSSR count). The Morgan fingerprint density at radius 2 is 2.28 bits per heavy atom. The number of carbonyl (C=O) groups is 1. The summed E-state index contributed by atoms with van der Waals surface area (Å²) in [6.07, 6.45) is -0.557. The molecule has 4 atom stereocenters. The fourth-order valence-electron chi connectivity index (χ4n) is 2.64. The quantitative estimate of drug-likeness (QED) is 0.370. The molecule has 0 bridgehead atoms. The molecular weight excluding hydrogens is 336 g/mol. The van der Waals surface area contributed by atoms with E-state index in [2.05, 4.69) is 25.6 Å². The van der Waals surface area contributed by atoms with Gasteiger partial charge in [-0.3, -0.25) is 4.57 Å². The number of nitrogens with zero attached hydrogens (tertiary/aromatic N) is 6. The summed E-state index contributed by atoms with van der Waals surface area (Å²) in [6, 6.07) is -1.83. The van der Waals surface area contributed by atoms with Gasteiger partial charge in [-0.05, 0) is 0 Å². The third kappa shape index (κ3) is 2.84. The Kier molecular flexibility index (Phi) is 4.43. The third-order valence-corrected chi connectivity index (χ3v) is 3.92. The van der Waals surface area contributed by atoms with Crippen LogP contribution in [0.15, 0.2) is 17.9 Å². The topological polar surface area (TPSA) is 181 Å². The number of anilines is 1. The first kappa shape index (κ1) is 16.9. The molecule has 13 heteroatoms. The van der Waals surface area contributed by atoms with Crippen LogP contribution in [-0.2, 0) is 4.74 Å². The van der Waals surface area contributed by atoms with Gasteiger partial charge < -0.3 is 26.0 Å². The number of urea groups is 1. The highest BCUT2D eigenvalue weighted by Gasteiger charge is 2.46. The molecule has 0 aliphatic carbocycles. The molecule has 3 heterocycles. The van der Waals surface area contributed by atoms with Crippen molar-refractivity contribution in [2.45, 2.75) is 24.5 Å². The van der Waals surface area contributed by atoms with Crippen LogP contribution in [0.2, 0.25) is 0 Å². The molecule has 2 aromatic rings. The van der Waals surface area contributed by atoms with Crippen molar-refractivity contribution in [3.63, 3.8) is 0 Å². The zero-order valence-corrected chi connectivity index (χ0v) is 13.1. The van der Waals surface area contributed by atoms with Gasteiger partial charge >= 0.3 is 6.03 Å². The lowest BCUT2D eigenvalue weighted by atomic mass is 10.1. The molecule has 0 saturated carbocycles. The molecule has 5 N–H and O–H groups in total. The van der Waals surface area contributed by atoms with E-state index in [9.17, 15) is 19.9 Å². The summed E-state index contributed by atoms with van der Waals surface area (Å²) >= 11 is 0. The summed E-state index contributed by atoms with van der Waals surface area (Å²) in [5.41, 5.74) is 6.38. The number of fused-ring (bicyclic) bond motifs is 1. The average molecular weight is 352 g/mol. The van der Waals surface area contributed by atoms with E-state index in [-0.39, 0.29) is 5.82 Å². The van der Waals surface area contributed by atoms with Crippen molar-refractivity contribution >= 4 is 23.0 Å². The highest BCUT2D eigenvalue weighted by Crippen LogP contribution is 2.31. The lowest BCUT2D eigenvalue weighted by Crippen LogP contribution is -2.51. The monoisotopic (exact) mass is 352 g/mol. The maximum atomic E-state index is 11.8. The van der Waals surface area contributed by atoms with Gasteiger partial charge in [0, 0.05) is 7.05 Å². The zero-order valence-electron chi connectivity index (χ0n) is 13.1. The van der Waals surface area contributed by atoms with Crippen LogP contribution in [0.1, 0.15) is 6.23 Å². The van der Waals surface area contributed by atoms with Crippen LogP contribution in [0, 0.1) is 4.91 Å². The number of rotatable bonds is 4. The lowest BCUT2D eigenvalue weighted by Gasteiger charge is -2.21.